The van der Waals surface area contributed by atoms with E-state index >= 15 is 0 Å². The average molecular weight is 551 g/mol. The molecule has 0 heterocycles. The van der Waals surface area contributed by atoms with Crippen molar-refractivity contribution in [3.05, 3.63) is 29.3 Å². The Bertz CT molecular complexity index is 826. The van der Waals surface area contributed by atoms with Gasteiger partial charge in [0.15, 0.2) is 15.8 Å². The SMILES string of the molecule is CCNC(=NCc1ccc(S(C)(=O)=O)c(C)c1)NCC1(N(C)C)CCCC(C)C1.I. The number of rotatable bonds is 7. The fourth-order valence-electron chi connectivity index (χ4n) is 4.34. The number of nitrogens with one attached hydrogen (secondary N) is 2. The van der Waals surface area contributed by atoms with Gasteiger partial charge < -0.3 is 15.5 Å². The summed E-state index contributed by atoms with van der Waals surface area (Å²) < 4.78 is 23.6. The smallest absolute Gasteiger partial charge is 0.191 e. The van der Waals surface area contributed by atoms with E-state index in [1.165, 1.54) is 31.9 Å². The number of likely N-dealkylation sites (N-methyl/N-ethyl adjacent to an activating group) is 1. The van der Waals surface area contributed by atoms with E-state index in [0.717, 1.165) is 36.1 Å². The van der Waals surface area contributed by atoms with Gasteiger partial charge in [0.05, 0.1) is 11.4 Å². The molecule has 1 fully saturated rings. The summed E-state index contributed by atoms with van der Waals surface area (Å²) in [6, 6.07) is 5.44. The Morgan fingerprint density at radius 3 is 2.53 bits per heavy atom. The highest BCUT2D eigenvalue weighted by Crippen LogP contribution is 2.35. The fourth-order valence-corrected chi connectivity index (χ4v) is 5.30. The molecule has 0 radical (unpaired) electrons. The summed E-state index contributed by atoms with van der Waals surface area (Å²) in [4.78, 5) is 7.49. The number of sulfone groups is 1. The summed E-state index contributed by atoms with van der Waals surface area (Å²) in [5, 5.41) is 6.89. The Balaban J connectivity index is 0.00000450. The molecule has 2 unspecified atom stereocenters. The molecule has 0 aliphatic heterocycles. The molecule has 172 valence electrons. The topological polar surface area (TPSA) is 73.8 Å². The minimum absolute atomic E-state index is 0. The Morgan fingerprint density at radius 1 is 1.30 bits per heavy atom. The Kier molecular flexibility index (Phi) is 10.6. The van der Waals surface area contributed by atoms with Gasteiger partial charge in [-0.2, -0.15) is 0 Å². The van der Waals surface area contributed by atoms with Crippen LogP contribution in [0, 0.1) is 12.8 Å². The van der Waals surface area contributed by atoms with Gasteiger partial charge >= 0.3 is 0 Å². The van der Waals surface area contributed by atoms with Crippen molar-refractivity contribution in [1.29, 1.82) is 0 Å². The first-order valence-electron chi connectivity index (χ1n) is 10.6. The van der Waals surface area contributed by atoms with Crippen LogP contribution in [0.1, 0.15) is 50.7 Å². The van der Waals surface area contributed by atoms with E-state index in [2.05, 4.69) is 43.5 Å². The first kappa shape index (κ1) is 27.2. The van der Waals surface area contributed by atoms with Crippen molar-refractivity contribution in [2.75, 3.05) is 33.4 Å². The number of benzene rings is 1. The van der Waals surface area contributed by atoms with Crippen LogP contribution in [0.4, 0.5) is 0 Å². The standard InChI is InChI=1S/C22H38N4O2S.HI/c1-7-23-21(25-16-22(26(4)5)12-8-9-17(2)14-22)24-15-19-10-11-20(18(3)13-19)29(6,27)28;/h10-11,13,17H,7-9,12,14-16H2,1-6H3,(H2,23,24,25);1H. The van der Waals surface area contributed by atoms with Crippen LogP contribution in [0.15, 0.2) is 28.1 Å². The number of halogens is 1. The van der Waals surface area contributed by atoms with E-state index in [0.29, 0.717) is 11.4 Å². The van der Waals surface area contributed by atoms with Gasteiger partial charge in [0.1, 0.15) is 0 Å². The van der Waals surface area contributed by atoms with E-state index < -0.39 is 9.84 Å². The van der Waals surface area contributed by atoms with Crippen molar-refractivity contribution in [2.24, 2.45) is 10.9 Å². The van der Waals surface area contributed by atoms with Gasteiger partial charge in [-0.25, -0.2) is 13.4 Å². The van der Waals surface area contributed by atoms with Gasteiger partial charge in [-0.3, -0.25) is 0 Å². The highest BCUT2D eigenvalue weighted by atomic mass is 127. The molecular weight excluding hydrogens is 511 g/mol. The van der Waals surface area contributed by atoms with Gasteiger partial charge in [0, 0.05) is 24.9 Å². The Hall–Kier alpha value is -0.870. The second kappa shape index (κ2) is 11.7. The zero-order valence-electron chi connectivity index (χ0n) is 19.3. The summed E-state index contributed by atoms with van der Waals surface area (Å²) in [5.74, 6) is 1.54. The first-order chi connectivity index (χ1) is 13.6. The van der Waals surface area contributed by atoms with Crippen LogP contribution >= 0.6 is 24.0 Å². The Labute approximate surface area is 200 Å². The molecule has 1 saturated carbocycles. The molecule has 2 rings (SSSR count). The quantitative estimate of drug-likeness (QED) is 0.309. The number of aryl methyl sites for hydroxylation is 1. The monoisotopic (exact) mass is 550 g/mol. The summed E-state index contributed by atoms with van der Waals surface area (Å²) >= 11 is 0. The van der Waals surface area contributed by atoms with E-state index in [-0.39, 0.29) is 29.5 Å². The third-order valence-electron chi connectivity index (χ3n) is 6.00. The van der Waals surface area contributed by atoms with Gasteiger partial charge in [0.2, 0.25) is 0 Å². The van der Waals surface area contributed by atoms with E-state index in [4.69, 9.17) is 4.99 Å². The van der Waals surface area contributed by atoms with Crippen LogP contribution in [-0.4, -0.2) is 58.3 Å². The van der Waals surface area contributed by atoms with Crippen LogP contribution in [0.3, 0.4) is 0 Å². The lowest BCUT2D eigenvalue weighted by Gasteiger charge is -2.45. The molecule has 0 amide bonds. The minimum Gasteiger partial charge on any atom is -0.357 e. The second-order valence-electron chi connectivity index (χ2n) is 8.74. The molecule has 8 heteroatoms. The van der Waals surface area contributed by atoms with Crippen LogP contribution in [0.5, 0.6) is 0 Å². The van der Waals surface area contributed by atoms with Gasteiger partial charge in [-0.1, -0.05) is 31.9 Å². The van der Waals surface area contributed by atoms with Crippen molar-refractivity contribution in [3.8, 4) is 0 Å². The molecule has 0 spiro atoms. The van der Waals surface area contributed by atoms with Crippen molar-refractivity contribution in [1.82, 2.24) is 15.5 Å². The molecule has 0 saturated heterocycles. The molecule has 2 atom stereocenters. The number of hydrogen-bond donors (Lipinski definition) is 2. The minimum atomic E-state index is -3.20. The summed E-state index contributed by atoms with van der Waals surface area (Å²) in [6.45, 7) is 8.40. The lowest BCUT2D eigenvalue weighted by atomic mass is 9.75. The third kappa shape index (κ3) is 7.37. The maximum absolute atomic E-state index is 11.8. The summed E-state index contributed by atoms with van der Waals surface area (Å²) in [7, 11) is 1.16. The normalized spacial score (nSPS) is 22.5. The highest BCUT2D eigenvalue weighted by Gasteiger charge is 2.36. The van der Waals surface area contributed by atoms with Crippen molar-refractivity contribution in [2.45, 2.75) is 63.4 Å². The predicted molar refractivity (Wildman–Crippen MR) is 137 cm³/mol. The number of aliphatic imine (C=N–C) groups is 1. The molecular formula is C22H39IN4O2S. The number of nitrogens with zero attached hydrogens (tertiary/aromatic N) is 2. The molecule has 0 bridgehead atoms. The molecule has 30 heavy (non-hydrogen) atoms. The molecule has 1 aromatic rings. The fraction of sp³-hybridized carbons (Fsp3) is 0.682. The molecule has 1 aromatic carbocycles. The first-order valence-corrected chi connectivity index (χ1v) is 12.5. The second-order valence-corrected chi connectivity index (χ2v) is 10.7. The van der Waals surface area contributed by atoms with Crippen LogP contribution in [0.2, 0.25) is 0 Å². The summed E-state index contributed by atoms with van der Waals surface area (Å²) in [5.41, 5.74) is 1.92. The lowest BCUT2D eigenvalue weighted by molar-refractivity contribution is 0.0795. The third-order valence-corrected chi connectivity index (χ3v) is 7.26. The molecule has 1 aliphatic rings. The molecule has 0 aromatic heterocycles. The van der Waals surface area contributed by atoms with Crippen molar-refractivity contribution >= 4 is 39.8 Å². The van der Waals surface area contributed by atoms with E-state index in [9.17, 15) is 8.42 Å². The molecule has 2 N–H and O–H groups in total. The zero-order valence-corrected chi connectivity index (χ0v) is 22.4. The zero-order chi connectivity index (χ0) is 21.7. The van der Waals surface area contributed by atoms with Crippen molar-refractivity contribution < 1.29 is 8.42 Å². The van der Waals surface area contributed by atoms with Gasteiger partial charge in [-0.15, -0.1) is 24.0 Å². The van der Waals surface area contributed by atoms with Gasteiger partial charge in [-0.05, 0) is 63.9 Å². The maximum atomic E-state index is 11.8. The largest absolute Gasteiger partial charge is 0.357 e. The van der Waals surface area contributed by atoms with E-state index in [1.807, 2.05) is 19.1 Å². The van der Waals surface area contributed by atoms with Crippen LogP contribution in [-0.2, 0) is 16.4 Å². The molecule has 6 nitrogen and oxygen atoms in total. The maximum Gasteiger partial charge on any atom is 0.191 e. The van der Waals surface area contributed by atoms with E-state index in [1.54, 1.807) is 6.07 Å². The van der Waals surface area contributed by atoms with Crippen LogP contribution in [0.25, 0.3) is 0 Å². The molecule has 1 aliphatic carbocycles. The highest BCUT2D eigenvalue weighted by molar-refractivity contribution is 14.0. The lowest BCUT2D eigenvalue weighted by Crippen LogP contribution is -2.56. The van der Waals surface area contributed by atoms with Gasteiger partial charge in [0.25, 0.3) is 0 Å². The van der Waals surface area contributed by atoms with Crippen molar-refractivity contribution in [3.63, 3.8) is 0 Å². The Morgan fingerprint density at radius 2 is 2.00 bits per heavy atom. The average Bonchev–Trinajstić information content (AvgIpc) is 2.63. The summed E-state index contributed by atoms with van der Waals surface area (Å²) in [6.07, 6.45) is 6.21. The number of guanidine groups is 1. The number of hydrogen-bond acceptors (Lipinski definition) is 4. The predicted octanol–water partition coefficient (Wildman–Crippen LogP) is 3.58. The van der Waals surface area contributed by atoms with Crippen LogP contribution < -0.4 is 10.6 Å².